The summed E-state index contributed by atoms with van der Waals surface area (Å²) in [4.78, 5) is 4.16. The molecule has 3 nitrogen and oxygen atoms in total. The fourth-order valence-electron chi connectivity index (χ4n) is 3.19. The summed E-state index contributed by atoms with van der Waals surface area (Å²) in [5.74, 6) is 0. The predicted molar refractivity (Wildman–Crippen MR) is 114 cm³/mol. The molecule has 2 N–H and O–H groups in total. The zero-order valence-corrected chi connectivity index (χ0v) is 15.0. The Kier molecular flexibility index (Phi) is 4.84. The molecule has 0 bridgehead atoms. The van der Waals surface area contributed by atoms with Crippen LogP contribution in [0.2, 0.25) is 0 Å². The number of pyridine rings is 1. The van der Waals surface area contributed by atoms with Crippen LogP contribution in [0.25, 0.3) is 21.8 Å². The molecule has 0 saturated heterocycles. The number of hydrogen-bond acceptors (Lipinski definition) is 2. The van der Waals surface area contributed by atoms with Crippen molar-refractivity contribution in [3.05, 3.63) is 109 Å². The molecule has 5 aromatic rings. The summed E-state index contributed by atoms with van der Waals surface area (Å²) in [6, 6.07) is 30.8. The molecule has 0 amide bonds. The number of nitrogen functional groups attached to an aromatic ring is 1. The first-order chi connectivity index (χ1) is 13.3. The summed E-state index contributed by atoms with van der Waals surface area (Å²) in [7, 11) is 0. The van der Waals surface area contributed by atoms with Gasteiger partial charge in [0, 0.05) is 35.5 Å². The van der Waals surface area contributed by atoms with Gasteiger partial charge in [-0.15, -0.1) is 0 Å². The SMILES string of the molecule is Nc1cccc2ncccc12.c1ccc(Cn2ccc3ccccc32)cc1. The Hall–Kier alpha value is -3.59. The van der Waals surface area contributed by atoms with Crippen molar-refractivity contribution < 1.29 is 0 Å². The van der Waals surface area contributed by atoms with E-state index >= 15 is 0 Å². The molecule has 3 aromatic carbocycles. The molecule has 0 fully saturated rings. The minimum atomic E-state index is 0.788. The molecule has 0 aliphatic rings. The van der Waals surface area contributed by atoms with E-state index in [0.717, 1.165) is 23.1 Å². The third-order valence-electron chi connectivity index (χ3n) is 4.56. The van der Waals surface area contributed by atoms with Gasteiger partial charge in [0.15, 0.2) is 0 Å². The zero-order valence-electron chi connectivity index (χ0n) is 15.0. The number of benzene rings is 3. The molecule has 2 aromatic heterocycles. The van der Waals surface area contributed by atoms with Crippen LogP contribution in [0.15, 0.2) is 103 Å². The molecule has 0 radical (unpaired) electrons. The minimum absolute atomic E-state index is 0.788. The first kappa shape index (κ1) is 16.9. The van der Waals surface area contributed by atoms with Gasteiger partial charge in [-0.05, 0) is 47.3 Å². The van der Waals surface area contributed by atoms with E-state index in [1.54, 1.807) is 6.20 Å². The van der Waals surface area contributed by atoms with Gasteiger partial charge < -0.3 is 10.3 Å². The fourth-order valence-corrected chi connectivity index (χ4v) is 3.19. The van der Waals surface area contributed by atoms with Crippen molar-refractivity contribution in [2.45, 2.75) is 6.54 Å². The summed E-state index contributed by atoms with van der Waals surface area (Å²) in [6.07, 6.45) is 3.92. The van der Waals surface area contributed by atoms with Crippen LogP contribution in [0.3, 0.4) is 0 Å². The molecule has 5 rings (SSSR count). The number of para-hydroxylation sites is 1. The van der Waals surface area contributed by atoms with Crippen molar-refractivity contribution in [3.8, 4) is 0 Å². The predicted octanol–water partition coefficient (Wildman–Crippen LogP) is 5.51. The maximum absolute atomic E-state index is 5.72. The zero-order chi connectivity index (χ0) is 18.5. The second-order valence-corrected chi connectivity index (χ2v) is 6.41. The third kappa shape index (κ3) is 3.82. The number of rotatable bonds is 2. The maximum Gasteiger partial charge on any atom is 0.0722 e. The second kappa shape index (κ2) is 7.75. The van der Waals surface area contributed by atoms with Gasteiger partial charge in [-0.3, -0.25) is 4.98 Å². The highest BCUT2D eigenvalue weighted by Crippen LogP contribution is 2.17. The number of aromatic nitrogens is 2. The van der Waals surface area contributed by atoms with E-state index in [9.17, 15) is 0 Å². The van der Waals surface area contributed by atoms with Crippen molar-refractivity contribution in [3.63, 3.8) is 0 Å². The largest absolute Gasteiger partial charge is 0.398 e. The summed E-state index contributed by atoms with van der Waals surface area (Å²) < 4.78 is 2.28. The number of anilines is 1. The van der Waals surface area contributed by atoms with Crippen LogP contribution in [-0.2, 0) is 6.54 Å². The van der Waals surface area contributed by atoms with E-state index in [-0.39, 0.29) is 0 Å². The quantitative estimate of drug-likeness (QED) is 0.426. The van der Waals surface area contributed by atoms with Crippen LogP contribution in [0, 0.1) is 0 Å². The lowest BCUT2D eigenvalue weighted by Crippen LogP contribution is -1.96. The van der Waals surface area contributed by atoms with E-state index in [1.165, 1.54) is 16.5 Å². The van der Waals surface area contributed by atoms with Gasteiger partial charge in [0.2, 0.25) is 0 Å². The Morgan fingerprint density at radius 3 is 2.41 bits per heavy atom. The number of nitrogens with two attached hydrogens (primary N) is 1. The Labute approximate surface area is 158 Å². The van der Waals surface area contributed by atoms with E-state index in [4.69, 9.17) is 5.73 Å². The lowest BCUT2D eigenvalue weighted by molar-refractivity contribution is 0.837. The number of hydrogen-bond donors (Lipinski definition) is 1. The summed E-state index contributed by atoms with van der Waals surface area (Å²) in [6.45, 7) is 0.939. The molecular weight excluding hydrogens is 330 g/mol. The van der Waals surface area contributed by atoms with Crippen LogP contribution in [-0.4, -0.2) is 9.55 Å². The molecule has 132 valence electrons. The Morgan fingerprint density at radius 1 is 0.741 bits per heavy atom. The van der Waals surface area contributed by atoms with E-state index in [1.807, 2.05) is 30.3 Å². The van der Waals surface area contributed by atoms with Gasteiger partial charge in [-0.1, -0.05) is 54.6 Å². The molecule has 0 aliphatic heterocycles. The first-order valence-corrected chi connectivity index (χ1v) is 8.98. The van der Waals surface area contributed by atoms with Gasteiger partial charge in [-0.25, -0.2) is 0 Å². The highest BCUT2D eigenvalue weighted by atomic mass is 14.9. The third-order valence-corrected chi connectivity index (χ3v) is 4.56. The summed E-state index contributed by atoms with van der Waals surface area (Å²) >= 11 is 0. The van der Waals surface area contributed by atoms with E-state index in [0.29, 0.717) is 0 Å². The molecule has 2 heterocycles. The molecular formula is C24H21N3. The highest BCUT2D eigenvalue weighted by molar-refractivity contribution is 5.89. The monoisotopic (exact) mass is 351 g/mol. The summed E-state index contributed by atoms with van der Waals surface area (Å²) in [5.41, 5.74) is 10.1. The number of fused-ring (bicyclic) bond motifs is 2. The van der Waals surface area contributed by atoms with Crippen LogP contribution >= 0.6 is 0 Å². The topological polar surface area (TPSA) is 43.8 Å². The lowest BCUT2D eigenvalue weighted by Gasteiger charge is -2.05. The normalized spacial score (nSPS) is 10.5. The van der Waals surface area contributed by atoms with Crippen molar-refractivity contribution in [2.75, 3.05) is 5.73 Å². The Morgan fingerprint density at radius 2 is 1.56 bits per heavy atom. The van der Waals surface area contributed by atoms with Crippen molar-refractivity contribution in [2.24, 2.45) is 0 Å². The standard InChI is InChI=1S/C15H13N.C9H8N2/c1-2-6-13(7-3-1)12-16-11-10-14-8-4-5-9-15(14)16;10-8-4-1-5-9-7(8)3-2-6-11-9/h1-11H,12H2;1-6H,10H2. The van der Waals surface area contributed by atoms with Gasteiger partial charge in [0.25, 0.3) is 0 Å². The smallest absolute Gasteiger partial charge is 0.0722 e. The fraction of sp³-hybridized carbons (Fsp3) is 0.0417. The molecule has 0 unspecified atom stereocenters. The highest BCUT2D eigenvalue weighted by Gasteiger charge is 2.00. The molecule has 3 heteroatoms. The van der Waals surface area contributed by atoms with Crippen molar-refractivity contribution >= 4 is 27.5 Å². The van der Waals surface area contributed by atoms with Crippen LogP contribution in [0.1, 0.15) is 5.56 Å². The van der Waals surface area contributed by atoms with Crippen molar-refractivity contribution in [1.82, 2.24) is 9.55 Å². The van der Waals surface area contributed by atoms with Crippen LogP contribution < -0.4 is 5.73 Å². The van der Waals surface area contributed by atoms with E-state index in [2.05, 4.69) is 76.4 Å². The first-order valence-electron chi connectivity index (χ1n) is 8.98. The Bertz CT molecular complexity index is 1150. The number of nitrogens with zero attached hydrogens (tertiary/aromatic N) is 2. The van der Waals surface area contributed by atoms with Crippen molar-refractivity contribution in [1.29, 1.82) is 0 Å². The average molecular weight is 351 g/mol. The Balaban J connectivity index is 0.000000143. The van der Waals surface area contributed by atoms with Gasteiger partial charge in [0.1, 0.15) is 0 Å². The van der Waals surface area contributed by atoms with E-state index < -0.39 is 0 Å². The van der Waals surface area contributed by atoms with Crippen LogP contribution in [0.5, 0.6) is 0 Å². The molecule has 0 atom stereocenters. The summed E-state index contributed by atoms with van der Waals surface area (Å²) in [5, 5.41) is 2.33. The minimum Gasteiger partial charge on any atom is -0.398 e. The molecule has 0 spiro atoms. The van der Waals surface area contributed by atoms with Gasteiger partial charge in [-0.2, -0.15) is 0 Å². The van der Waals surface area contributed by atoms with Gasteiger partial charge in [0.05, 0.1) is 5.52 Å². The second-order valence-electron chi connectivity index (χ2n) is 6.41. The average Bonchev–Trinajstić information content (AvgIpc) is 3.13. The molecule has 0 aliphatic carbocycles. The molecule has 0 saturated carbocycles. The van der Waals surface area contributed by atoms with Gasteiger partial charge >= 0.3 is 0 Å². The lowest BCUT2D eigenvalue weighted by atomic mass is 10.2. The van der Waals surface area contributed by atoms with Crippen LogP contribution in [0.4, 0.5) is 5.69 Å². The molecule has 27 heavy (non-hydrogen) atoms. The maximum atomic E-state index is 5.72.